The first-order valence-electron chi connectivity index (χ1n) is 12.7. The zero-order chi connectivity index (χ0) is 31.4. The summed E-state index contributed by atoms with van der Waals surface area (Å²) < 4.78 is 0. The number of nitrogens with two attached hydrogens (primary N) is 4. The summed E-state index contributed by atoms with van der Waals surface area (Å²) >= 11 is 0. The first kappa shape index (κ1) is 28.7. The van der Waals surface area contributed by atoms with Gasteiger partial charge in [-0.3, -0.25) is 29.0 Å². The molecule has 0 saturated carbocycles. The van der Waals surface area contributed by atoms with Crippen molar-refractivity contribution in [2.75, 3.05) is 9.80 Å². The van der Waals surface area contributed by atoms with Crippen molar-refractivity contribution in [1.29, 1.82) is 0 Å². The zero-order valence-electron chi connectivity index (χ0n) is 22.7. The van der Waals surface area contributed by atoms with E-state index in [0.29, 0.717) is 0 Å². The van der Waals surface area contributed by atoms with Crippen LogP contribution in [-0.2, 0) is 0 Å². The molecule has 0 bridgehead atoms. The topological polar surface area (TPSA) is 243 Å². The fraction of sp³-hybridized carbons (Fsp3) is 0. The number of hydrogen-bond acceptors (Lipinski definition) is 11. The van der Waals surface area contributed by atoms with E-state index in [9.17, 15) is 19.2 Å². The van der Waals surface area contributed by atoms with Crippen molar-refractivity contribution in [2.24, 2.45) is 22.9 Å². The number of carbonyl (C=O) groups excluding carboxylic acids is 4. The summed E-state index contributed by atoms with van der Waals surface area (Å²) in [5.41, 5.74) is 22.7. The van der Waals surface area contributed by atoms with Crippen LogP contribution in [0.25, 0.3) is 0 Å². The van der Waals surface area contributed by atoms with Gasteiger partial charge in [0.15, 0.2) is 0 Å². The molecule has 5 aromatic heterocycles. The van der Waals surface area contributed by atoms with Crippen molar-refractivity contribution in [2.45, 2.75) is 0 Å². The maximum absolute atomic E-state index is 12.0. The largest absolute Gasteiger partial charge is 0.366 e. The van der Waals surface area contributed by atoms with E-state index in [4.69, 9.17) is 27.9 Å². The van der Waals surface area contributed by atoms with E-state index in [1.165, 1.54) is 83.1 Å². The van der Waals surface area contributed by atoms with Crippen LogP contribution in [0.2, 0.25) is 0 Å². The molecule has 4 amide bonds. The van der Waals surface area contributed by atoms with Gasteiger partial charge in [0.2, 0.25) is 23.6 Å². The van der Waals surface area contributed by atoms with Gasteiger partial charge >= 0.3 is 0 Å². The highest BCUT2D eigenvalue weighted by molar-refractivity contribution is 5.96. The summed E-state index contributed by atoms with van der Waals surface area (Å²) in [6.45, 7) is 0. The maximum atomic E-state index is 12.0. The molecule has 218 valence electrons. The Morgan fingerprint density at radius 3 is 0.955 bits per heavy atom. The van der Waals surface area contributed by atoms with Crippen molar-refractivity contribution >= 4 is 58.5 Å². The Labute approximate surface area is 249 Å². The Bertz CT molecular complexity index is 1680. The van der Waals surface area contributed by atoms with Gasteiger partial charge < -0.3 is 22.9 Å². The molecule has 0 atom stereocenters. The van der Waals surface area contributed by atoms with Gasteiger partial charge in [-0.25, -0.2) is 24.9 Å². The van der Waals surface area contributed by atoms with Gasteiger partial charge in [-0.05, 0) is 60.7 Å². The maximum Gasteiger partial charge on any atom is 0.248 e. The number of nitrogens with zero attached hydrogens (tertiary/aromatic N) is 7. The van der Waals surface area contributed by atoms with E-state index in [-0.39, 0.29) is 57.2 Å². The molecular formula is C29H23N11O4. The van der Waals surface area contributed by atoms with E-state index >= 15 is 0 Å². The smallest absolute Gasteiger partial charge is 0.248 e. The van der Waals surface area contributed by atoms with Gasteiger partial charge in [-0.1, -0.05) is 6.07 Å². The van der Waals surface area contributed by atoms with E-state index in [2.05, 4.69) is 19.9 Å². The minimum Gasteiger partial charge on any atom is -0.366 e. The quantitative estimate of drug-likeness (QED) is 0.183. The van der Waals surface area contributed by atoms with Gasteiger partial charge in [0, 0.05) is 47.0 Å². The van der Waals surface area contributed by atoms with Crippen molar-refractivity contribution in [3.63, 3.8) is 0 Å². The third-order valence-electron chi connectivity index (χ3n) is 6.21. The lowest BCUT2D eigenvalue weighted by atomic mass is 10.2. The fourth-order valence-corrected chi connectivity index (χ4v) is 4.14. The molecule has 8 N–H and O–H groups in total. The number of anilines is 6. The molecule has 5 aromatic rings. The number of carbonyl (C=O) groups is 4. The molecule has 0 aliphatic rings. The molecule has 15 nitrogen and oxygen atoms in total. The summed E-state index contributed by atoms with van der Waals surface area (Å²) in [5, 5.41) is 0. The number of hydrogen-bond donors (Lipinski definition) is 4. The van der Waals surface area contributed by atoms with Crippen molar-refractivity contribution in [3.05, 3.63) is 114 Å². The molecule has 0 fully saturated rings. The molecule has 5 rings (SSSR count). The van der Waals surface area contributed by atoms with Crippen molar-refractivity contribution in [3.8, 4) is 0 Å². The molecule has 0 unspecified atom stereocenters. The number of rotatable bonds is 10. The Morgan fingerprint density at radius 2 is 0.705 bits per heavy atom. The minimum atomic E-state index is -0.693. The lowest BCUT2D eigenvalue weighted by Gasteiger charge is -2.26. The van der Waals surface area contributed by atoms with Crippen molar-refractivity contribution < 1.29 is 19.2 Å². The fourth-order valence-electron chi connectivity index (χ4n) is 4.14. The Balaban J connectivity index is 1.73. The van der Waals surface area contributed by atoms with Crippen LogP contribution >= 0.6 is 0 Å². The number of aromatic nitrogens is 5. The minimum absolute atomic E-state index is 0.156. The standard InChI is InChI=1S/C29H23N11O4/c30-26(41)16-4-8-34-22(12-16)39(23-13-17(27(31)42)5-9-35-23)20-2-1-3-21(38-20)40(24-14-18(28(32)43)6-10-36-24)25-15-19(29(33)44)7-11-37-25/h1-15H,(H2,30,41)(H2,31,42)(H2,32,43)(H2,33,44). The van der Waals surface area contributed by atoms with Gasteiger partial charge in [0.05, 0.1) is 0 Å². The normalized spacial score (nSPS) is 10.5. The van der Waals surface area contributed by atoms with E-state index in [1.807, 2.05) is 0 Å². The third-order valence-corrected chi connectivity index (χ3v) is 6.21. The van der Waals surface area contributed by atoms with Crippen LogP contribution < -0.4 is 32.7 Å². The molecule has 5 heterocycles. The molecule has 0 radical (unpaired) electrons. The molecule has 0 aliphatic carbocycles. The Kier molecular flexibility index (Phi) is 7.84. The van der Waals surface area contributed by atoms with Crippen LogP contribution in [0.1, 0.15) is 41.4 Å². The van der Waals surface area contributed by atoms with Crippen molar-refractivity contribution in [1.82, 2.24) is 24.9 Å². The molecule has 0 aliphatic heterocycles. The predicted octanol–water partition coefficient (Wildman–Crippen LogP) is 2.00. The van der Waals surface area contributed by atoms with E-state index < -0.39 is 23.6 Å². The first-order chi connectivity index (χ1) is 21.1. The second-order valence-corrected chi connectivity index (χ2v) is 9.09. The Hall–Kier alpha value is -6.77. The lowest BCUT2D eigenvalue weighted by molar-refractivity contribution is 0.0991. The molecule has 15 heteroatoms. The second kappa shape index (κ2) is 12.0. The van der Waals surface area contributed by atoms with Crippen LogP contribution in [0.3, 0.4) is 0 Å². The van der Waals surface area contributed by atoms with Gasteiger partial charge in [0.25, 0.3) is 0 Å². The highest BCUT2D eigenvalue weighted by Gasteiger charge is 2.23. The summed E-state index contributed by atoms with van der Waals surface area (Å²) in [6.07, 6.45) is 5.54. The summed E-state index contributed by atoms with van der Waals surface area (Å²) in [4.78, 5) is 73.3. The zero-order valence-corrected chi connectivity index (χ0v) is 22.7. The van der Waals surface area contributed by atoms with Crippen LogP contribution in [0.15, 0.2) is 91.5 Å². The average molecular weight is 590 g/mol. The summed E-state index contributed by atoms with van der Waals surface area (Å²) in [6, 6.07) is 16.4. The summed E-state index contributed by atoms with van der Waals surface area (Å²) in [5.74, 6) is -1.59. The summed E-state index contributed by atoms with van der Waals surface area (Å²) in [7, 11) is 0. The highest BCUT2D eigenvalue weighted by atomic mass is 16.2. The molecule has 0 aromatic carbocycles. The molecular weight excluding hydrogens is 566 g/mol. The molecule has 0 spiro atoms. The average Bonchev–Trinajstić information content (AvgIpc) is 3.02. The third kappa shape index (κ3) is 5.96. The lowest BCUT2D eigenvalue weighted by Crippen LogP contribution is -2.21. The SMILES string of the molecule is NC(=O)c1ccnc(N(c2cc(C(N)=O)ccn2)c2cccc(N(c3cc(C(N)=O)ccn3)c3cc(C(N)=O)ccn3)n2)c1. The predicted molar refractivity (Wildman–Crippen MR) is 159 cm³/mol. The number of amides is 4. The second-order valence-electron chi connectivity index (χ2n) is 9.09. The van der Waals surface area contributed by atoms with Gasteiger partial charge in [0.1, 0.15) is 34.9 Å². The van der Waals surface area contributed by atoms with Crippen LogP contribution in [0, 0.1) is 0 Å². The number of primary amides is 4. The van der Waals surface area contributed by atoms with Gasteiger partial charge in [-0.2, -0.15) is 0 Å². The van der Waals surface area contributed by atoms with Gasteiger partial charge in [-0.15, -0.1) is 0 Å². The highest BCUT2D eigenvalue weighted by Crippen LogP contribution is 2.36. The van der Waals surface area contributed by atoms with E-state index in [0.717, 1.165) is 0 Å². The van der Waals surface area contributed by atoms with Crippen LogP contribution in [0.4, 0.5) is 34.9 Å². The van der Waals surface area contributed by atoms with E-state index in [1.54, 1.807) is 18.2 Å². The monoisotopic (exact) mass is 589 g/mol. The van der Waals surface area contributed by atoms with Crippen LogP contribution in [-0.4, -0.2) is 48.5 Å². The van der Waals surface area contributed by atoms with Crippen LogP contribution in [0.5, 0.6) is 0 Å². The first-order valence-corrected chi connectivity index (χ1v) is 12.7. The number of pyridine rings is 5. The molecule has 44 heavy (non-hydrogen) atoms. The molecule has 0 saturated heterocycles. The Morgan fingerprint density at radius 1 is 0.432 bits per heavy atom.